The molecule has 0 aliphatic heterocycles. The highest BCUT2D eigenvalue weighted by Crippen LogP contribution is 2.40. The van der Waals surface area contributed by atoms with E-state index in [2.05, 4.69) is 26.1 Å². The van der Waals surface area contributed by atoms with Gasteiger partial charge in [-0.05, 0) is 24.7 Å². The molecule has 4 heteroatoms. The van der Waals surface area contributed by atoms with Gasteiger partial charge in [-0.1, -0.05) is 52.3 Å². The van der Waals surface area contributed by atoms with E-state index in [-0.39, 0.29) is 23.3 Å². The molecule has 3 N–H and O–H groups in total. The van der Waals surface area contributed by atoms with Crippen LogP contribution in [0.15, 0.2) is 0 Å². The number of rotatable bonds is 5. The largest absolute Gasteiger partial charge is 0.392 e. The number of hydrogen-bond donors (Lipinski definition) is 2. The van der Waals surface area contributed by atoms with Gasteiger partial charge in [-0.3, -0.25) is 4.79 Å². The molecule has 1 aliphatic rings. The van der Waals surface area contributed by atoms with Gasteiger partial charge in [0.1, 0.15) is 0 Å². The highest BCUT2D eigenvalue weighted by Gasteiger charge is 2.37. The lowest BCUT2D eigenvalue weighted by Crippen LogP contribution is -2.49. The van der Waals surface area contributed by atoms with Gasteiger partial charge in [0.15, 0.2) is 0 Å². The van der Waals surface area contributed by atoms with Crippen molar-refractivity contribution in [2.75, 3.05) is 0 Å². The molecular weight excluding hydrogens is 244 g/mol. The molecule has 0 saturated heterocycles. The standard InChI is InChI=1S/C14H26N2OS/c1-4-7-11(12(15)18)16-13(17)10-8-5-6-9-14(10,2)3/h10-11H,4-9H2,1-3H3,(H2,15,18)(H,16,17). The summed E-state index contributed by atoms with van der Waals surface area (Å²) in [6, 6.07) is -0.143. The molecule has 104 valence electrons. The Morgan fingerprint density at radius 3 is 2.67 bits per heavy atom. The maximum atomic E-state index is 12.4. The third-order valence-electron chi connectivity index (χ3n) is 4.06. The van der Waals surface area contributed by atoms with Crippen LogP contribution in [0, 0.1) is 11.3 Å². The molecule has 0 bridgehead atoms. The van der Waals surface area contributed by atoms with Crippen molar-refractivity contribution in [1.82, 2.24) is 5.32 Å². The summed E-state index contributed by atoms with van der Waals surface area (Å²) in [4.78, 5) is 12.8. The average Bonchev–Trinajstić information content (AvgIpc) is 2.27. The monoisotopic (exact) mass is 270 g/mol. The molecule has 3 nitrogen and oxygen atoms in total. The third kappa shape index (κ3) is 3.94. The zero-order chi connectivity index (χ0) is 13.8. The zero-order valence-corrected chi connectivity index (χ0v) is 12.6. The average molecular weight is 270 g/mol. The van der Waals surface area contributed by atoms with Gasteiger partial charge in [0.2, 0.25) is 5.91 Å². The van der Waals surface area contributed by atoms with E-state index in [4.69, 9.17) is 18.0 Å². The van der Waals surface area contributed by atoms with Crippen LogP contribution < -0.4 is 11.1 Å². The van der Waals surface area contributed by atoms with Crippen LogP contribution in [-0.2, 0) is 4.79 Å². The van der Waals surface area contributed by atoms with Gasteiger partial charge in [0.25, 0.3) is 0 Å². The van der Waals surface area contributed by atoms with Crippen molar-refractivity contribution in [1.29, 1.82) is 0 Å². The van der Waals surface area contributed by atoms with Gasteiger partial charge in [-0.2, -0.15) is 0 Å². The van der Waals surface area contributed by atoms with Crippen LogP contribution in [0.2, 0.25) is 0 Å². The number of hydrogen-bond acceptors (Lipinski definition) is 2. The zero-order valence-electron chi connectivity index (χ0n) is 11.8. The van der Waals surface area contributed by atoms with Gasteiger partial charge < -0.3 is 11.1 Å². The lowest BCUT2D eigenvalue weighted by molar-refractivity contribution is -0.130. The van der Waals surface area contributed by atoms with Crippen molar-refractivity contribution in [2.45, 2.75) is 65.3 Å². The van der Waals surface area contributed by atoms with Gasteiger partial charge in [-0.25, -0.2) is 0 Å². The summed E-state index contributed by atoms with van der Waals surface area (Å²) in [6.07, 6.45) is 6.27. The first kappa shape index (κ1) is 15.4. The Hall–Kier alpha value is -0.640. The number of amides is 1. The molecule has 1 rings (SSSR count). The fourth-order valence-electron chi connectivity index (χ4n) is 2.83. The van der Waals surface area contributed by atoms with Crippen molar-refractivity contribution in [3.8, 4) is 0 Å². The Balaban J connectivity index is 2.65. The van der Waals surface area contributed by atoms with Gasteiger partial charge >= 0.3 is 0 Å². The maximum absolute atomic E-state index is 12.4. The molecule has 0 aromatic heterocycles. The fourth-order valence-corrected chi connectivity index (χ4v) is 3.00. The first-order chi connectivity index (χ1) is 8.38. The Morgan fingerprint density at radius 1 is 1.50 bits per heavy atom. The van der Waals surface area contributed by atoms with Crippen molar-refractivity contribution in [3.63, 3.8) is 0 Å². The summed E-state index contributed by atoms with van der Waals surface area (Å²) in [7, 11) is 0. The van der Waals surface area contributed by atoms with Crippen LogP contribution in [0.4, 0.5) is 0 Å². The van der Waals surface area contributed by atoms with Gasteiger partial charge in [0, 0.05) is 5.92 Å². The van der Waals surface area contributed by atoms with E-state index in [0.29, 0.717) is 4.99 Å². The lowest BCUT2D eigenvalue weighted by atomic mass is 9.68. The van der Waals surface area contributed by atoms with E-state index in [1.54, 1.807) is 0 Å². The summed E-state index contributed by atoms with van der Waals surface area (Å²) in [5, 5.41) is 3.04. The molecule has 0 aromatic rings. The summed E-state index contributed by atoms with van der Waals surface area (Å²) < 4.78 is 0. The van der Waals surface area contributed by atoms with Crippen molar-refractivity contribution < 1.29 is 4.79 Å². The number of nitrogens with one attached hydrogen (secondary N) is 1. The molecule has 18 heavy (non-hydrogen) atoms. The minimum atomic E-state index is -0.143. The molecule has 1 aliphatic carbocycles. The molecule has 1 amide bonds. The Labute approximate surface area is 116 Å². The predicted octanol–water partition coefficient (Wildman–Crippen LogP) is 2.77. The van der Waals surface area contributed by atoms with E-state index in [1.165, 1.54) is 6.42 Å². The topological polar surface area (TPSA) is 55.1 Å². The number of nitrogens with two attached hydrogens (primary N) is 1. The minimum Gasteiger partial charge on any atom is -0.392 e. The smallest absolute Gasteiger partial charge is 0.224 e. The van der Waals surface area contributed by atoms with E-state index in [9.17, 15) is 4.79 Å². The molecule has 0 aromatic carbocycles. The molecule has 2 unspecified atom stereocenters. The highest BCUT2D eigenvalue weighted by molar-refractivity contribution is 7.80. The Kier molecular flexibility index (Phi) is 5.57. The SMILES string of the molecule is CCCC(NC(=O)C1CCCCC1(C)C)C(N)=S. The Morgan fingerprint density at radius 2 is 2.17 bits per heavy atom. The molecule has 1 saturated carbocycles. The molecule has 2 atom stereocenters. The van der Waals surface area contributed by atoms with Crippen LogP contribution in [0.1, 0.15) is 59.3 Å². The van der Waals surface area contributed by atoms with Crippen LogP contribution in [0.3, 0.4) is 0 Å². The van der Waals surface area contributed by atoms with Crippen LogP contribution in [-0.4, -0.2) is 16.9 Å². The molecule has 1 fully saturated rings. The Bertz CT molecular complexity index is 315. The molecule has 0 heterocycles. The highest BCUT2D eigenvalue weighted by atomic mass is 32.1. The fraction of sp³-hybridized carbons (Fsp3) is 0.857. The second-order valence-electron chi connectivity index (χ2n) is 6.04. The molecular formula is C14H26N2OS. The van der Waals surface area contributed by atoms with Crippen molar-refractivity contribution in [2.24, 2.45) is 17.1 Å². The van der Waals surface area contributed by atoms with Crippen LogP contribution >= 0.6 is 12.2 Å². The van der Waals surface area contributed by atoms with E-state index in [1.807, 2.05) is 0 Å². The minimum absolute atomic E-state index is 0.0926. The van der Waals surface area contributed by atoms with E-state index < -0.39 is 0 Å². The van der Waals surface area contributed by atoms with E-state index >= 15 is 0 Å². The van der Waals surface area contributed by atoms with Crippen LogP contribution in [0.5, 0.6) is 0 Å². The first-order valence-corrected chi connectivity index (χ1v) is 7.39. The number of carbonyl (C=O) groups excluding carboxylic acids is 1. The third-order valence-corrected chi connectivity index (χ3v) is 4.35. The first-order valence-electron chi connectivity index (χ1n) is 6.98. The van der Waals surface area contributed by atoms with Crippen molar-refractivity contribution >= 4 is 23.1 Å². The summed E-state index contributed by atoms with van der Waals surface area (Å²) in [5.74, 6) is 0.228. The van der Waals surface area contributed by atoms with Gasteiger partial charge in [-0.15, -0.1) is 0 Å². The van der Waals surface area contributed by atoms with E-state index in [0.717, 1.165) is 32.1 Å². The normalized spacial score (nSPS) is 24.3. The lowest BCUT2D eigenvalue weighted by Gasteiger charge is -2.38. The predicted molar refractivity (Wildman–Crippen MR) is 79.4 cm³/mol. The van der Waals surface area contributed by atoms with Crippen LogP contribution in [0.25, 0.3) is 0 Å². The van der Waals surface area contributed by atoms with Gasteiger partial charge in [0.05, 0.1) is 11.0 Å². The number of carbonyl (C=O) groups is 1. The maximum Gasteiger partial charge on any atom is 0.224 e. The van der Waals surface area contributed by atoms with Crippen molar-refractivity contribution in [3.05, 3.63) is 0 Å². The summed E-state index contributed by atoms with van der Waals surface area (Å²) in [6.45, 7) is 6.44. The molecule has 0 radical (unpaired) electrons. The second kappa shape index (κ2) is 6.50. The molecule has 0 spiro atoms. The summed E-state index contributed by atoms with van der Waals surface area (Å²) >= 11 is 5.02. The summed E-state index contributed by atoms with van der Waals surface area (Å²) in [5.41, 5.74) is 5.78. The second-order valence-corrected chi connectivity index (χ2v) is 6.51. The quantitative estimate of drug-likeness (QED) is 0.755. The number of thiocarbonyl (C=S) groups is 1.